The number of nitriles is 1. The number of likely N-dealkylation sites (tertiary alicyclic amines) is 1. The van der Waals surface area contributed by atoms with Gasteiger partial charge < -0.3 is 5.11 Å². The zero-order valence-corrected chi connectivity index (χ0v) is 14.2. The van der Waals surface area contributed by atoms with Gasteiger partial charge >= 0.3 is 0 Å². The summed E-state index contributed by atoms with van der Waals surface area (Å²) in [6, 6.07) is 2.96. The highest BCUT2D eigenvalue weighted by Gasteiger charge is 2.41. The first-order valence-corrected chi connectivity index (χ1v) is 8.65. The van der Waals surface area contributed by atoms with E-state index in [9.17, 15) is 10.4 Å². The van der Waals surface area contributed by atoms with Crippen molar-refractivity contribution < 1.29 is 5.11 Å². The molecule has 0 amide bonds. The molecule has 0 bridgehead atoms. The molecular formula is C18H32N2O. The lowest BCUT2D eigenvalue weighted by Crippen LogP contribution is -2.52. The van der Waals surface area contributed by atoms with Gasteiger partial charge in [0.25, 0.3) is 0 Å². The summed E-state index contributed by atoms with van der Waals surface area (Å²) < 4.78 is 0. The zero-order chi connectivity index (χ0) is 15.7. The van der Waals surface area contributed by atoms with Crippen molar-refractivity contribution in [3.63, 3.8) is 0 Å². The van der Waals surface area contributed by atoms with Gasteiger partial charge in [-0.15, -0.1) is 0 Å². The molecule has 1 saturated carbocycles. The van der Waals surface area contributed by atoms with Crippen LogP contribution in [0, 0.1) is 28.6 Å². The van der Waals surface area contributed by atoms with Crippen LogP contribution >= 0.6 is 0 Å². The molecule has 2 fully saturated rings. The Morgan fingerprint density at radius 3 is 2.43 bits per heavy atom. The Balaban J connectivity index is 2.06. The van der Waals surface area contributed by atoms with E-state index in [0.29, 0.717) is 11.5 Å². The van der Waals surface area contributed by atoms with Crippen molar-refractivity contribution in [1.29, 1.82) is 5.26 Å². The van der Waals surface area contributed by atoms with Gasteiger partial charge in [-0.25, -0.2) is 0 Å². The third-order valence-electron chi connectivity index (χ3n) is 6.34. The van der Waals surface area contributed by atoms with Crippen LogP contribution in [-0.2, 0) is 0 Å². The van der Waals surface area contributed by atoms with Gasteiger partial charge in [0.05, 0.1) is 17.6 Å². The molecule has 21 heavy (non-hydrogen) atoms. The minimum Gasteiger partial charge on any atom is -0.390 e. The molecule has 0 aromatic carbocycles. The second-order valence-electron chi connectivity index (χ2n) is 8.19. The standard InChI is InChI=1S/C18H32N2O/c1-5-17(2,3)15-7-6-14(13-19)16(12-15)20-10-8-18(4,21)9-11-20/h14-16,21H,5-12H2,1-4H3. The minimum absolute atomic E-state index is 0.178. The largest absolute Gasteiger partial charge is 0.390 e. The maximum Gasteiger partial charge on any atom is 0.0672 e. The van der Waals surface area contributed by atoms with Crippen molar-refractivity contribution in [2.24, 2.45) is 17.3 Å². The predicted molar refractivity (Wildman–Crippen MR) is 85.7 cm³/mol. The molecule has 0 aromatic heterocycles. The normalized spacial score (nSPS) is 34.4. The number of hydrogen-bond acceptors (Lipinski definition) is 3. The quantitative estimate of drug-likeness (QED) is 0.865. The Morgan fingerprint density at radius 2 is 1.90 bits per heavy atom. The molecule has 1 saturated heterocycles. The summed E-state index contributed by atoms with van der Waals surface area (Å²) in [7, 11) is 0. The maximum atomic E-state index is 10.1. The molecule has 3 nitrogen and oxygen atoms in total. The van der Waals surface area contributed by atoms with E-state index in [1.807, 2.05) is 6.92 Å². The second kappa shape index (κ2) is 6.26. The predicted octanol–water partition coefficient (Wildman–Crippen LogP) is 3.58. The molecule has 3 unspecified atom stereocenters. The first-order chi connectivity index (χ1) is 9.79. The third kappa shape index (κ3) is 3.79. The van der Waals surface area contributed by atoms with E-state index in [2.05, 4.69) is 31.7 Å². The van der Waals surface area contributed by atoms with Crippen LogP contribution in [0.4, 0.5) is 0 Å². The van der Waals surface area contributed by atoms with Gasteiger partial charge in [-0.1, -0.05) is 27.2 Å². The Hall–Kier alpha value is -0.590. The Bertz CT molecular complexity index is 387. The molecule has 1 heterocycles. The SMILES string of the molecule is CCC(C)(C)C1CCC(C#N)C(N2CCC(C)(O)CC2)C1. The van der Waals surface area contributed by atoms with Crippen molar-refractivity contribution in [2.75, 3.05) is 13.1 Å². The average Bonchev–Trinajstić information content (AvgIpc) is 2.46. The highest BCUT2D eigenvalue weighted by Crippen LogP contribution is 2.44. The van der Waals surface area contributed by atoms with E-state index >= 15 is 0 Å². The highest BCUT2D eigenvalue weighted by atomic mass is 16.3. The lowest BCUT2D eigenvalue weighted by Gasteiger charge is -2.47. The summed E-state index contributed by atoms with van der Waals surface area (Å²) in [6.07, 6.45) is 6.27. The highest BCUT2D eigenvalue weighted by molar-refractivity contribution is 5.01. The number of hydrogen-bond donors (Lipinski definition) is 1. The van der Waals surface area contributed by atoms with Crippen molar-refractivity contribution >= 4 is 0 Å². The first-order valence-electron chi connectivity index (χ1n) is 8.65. The summed E-state index contributed by atoms with van der Waals surface area (Å²) in [5, 5.41) is 19.7. The van der Waals surface area contributed by atoms with Crippen LogP contribution in [-0.4, -0.2) is 34.7 Å². The van der Waals surface area contributed by atoms with Crippen molar-refractivity contribution in [3.05, 3.63) is 0 Å². The van der Waals surface area contributed by atoms with Crippen LogP contribution < -0.4 is 0 Å². The van der Waals surface area contributed by atoms with E-state index in [4.69, 9.17) is 0 Å². The molecule has 3 atom stereocenters. The second-order valence-corrected chi connectivity index (χ2v) is 8.19. The van der Waals surface area contributed by atoms with Crippen molar-refractivity contribution in [1.82, 2.24) is 4.90 Å². The topological polar surface area (TPSA) is 47.3 Å². The molecule has 1 aliphatic carbocycles. The van der Waals surface area contributed by atoms with Crippen LogP contribution in [0.5, 0.6) is 0 Å². The molecule has 1 N–H and O–H groups in total. The van der Waals surface area contributed by atoms with Gasteiger partial charge in [0.1, 0.15) is 0 Å². The third-order valence-corrected chi connectivity index (χ3v) is 6.34. The van der Waals surface area contributed by atoms with E-state index in [1.165, 1.54) is 12.8 Å². The van der Waals surface area contributed by atoms with Crippen molar-refractivity contribution in [2.45, 2.75) is 77.9 Å². The molecular weight excluding hydrogens is 260 g/mol. The summed E-state index contributed by atoms with van der Waals surface area (Å²) in [5.41, 5.74) is -0.130. The smallest absolute Gasteiger partial charge is 0.0672 e. The van der Waals surface area contributed by atoms with Gasteiger partial charge in [0, 0.05) is 19.1 Å². The average molecular weight is 292 g/mol. The van der Waals surface area contributed by atoms with Crippen LogP contribution in [0.15, 0.2) is 0 Å². The fourth-order valence-electron chi connectivity index (χ4n) is 4.04. The van der Waals surface area contributed by atoms with Crippen molar-refractivity contribution in [3.8, 4) is 6.07 Å². The Morgan fingerprint density at radius 1 is 1.29 bits per heavy atom. The maximum absolute atomic E-state index is 10.1. The van der Waals surface area contributed by atoms with E-state index in [0.717, 1.165) is 44.7 Å². The Labute approximate surface area is 130 Å². The van der Waals surface area contributed by atoms with E-state index in [1.54, 1.807) is 0 Å². The molecule has 2 rings (SSSR count). The number of nitrogens with zero attached hydrogens (tertiary/aromatic N) is 2. The molecule has 0 spiro atoms. The van der Waals surface area contributed by atoms with Gasteiger partial charge in [-0.05, 0) is 50.4 Å². The minimum atomic E-state index is -0.505. The van der Waals surface area contributed by atoms with Gasteiger partial charge in [-0.2, -0.15) is 5.26 Å². The fourth-order valence-corrected chi connectivity index (χ4v) is 4.04. The fraction of sp³-hybridized carbons (Fsp3) is 0.944. The summed E-state index contributed by atoms with van der Waals surface area (Å²) in [4.78, 5) is 2.49. The van der Waals surface area contributed by atoms with Gasteiger partial charge in [0.15, 0.2) is 0 Å². The van der Waals surface area contributed by atoms with Crippen LogP contribution in [0.1, 0.15) is 66.2 Å². The lowest BCUT2D eigenvalue weighted by atomic mass is 9.65. The molecule has 1 aliphatic heterocycles. The number of rotatable bonds is 3. The Kier molecular flexibility index (Phi) is 5.00. The number of aliphatic hydroxyl groups is 1. The van der Waals surface area contributed by atoms with Gasteiger partial charge in [0.2, 0.25) is 0 Å². The number of piperidine rings is 1. The van der Waals surface area contributed by atoms with Crippen LogP contribution in [0.3, 0.4) is 0 Å². The first kappa shape index (κ1) is 16.8. The van der Waals surface area contributed by atoms with Crippen LogP contribution in [0.25, 0.3) is 0 Å². The monoisotopic (exact) mass is 292 g/mol. The summed E-state index contributed by atoms with van der Waals surface area (Å²) in [5.74, 6) is 0.900. The van der Waals surface area contributed by atoms with Gasteiger partial charge in [-0.3, -0.25) is 4.90 Å². The van der Waals surface area contributed by atoms with Crippen LogP contribution in [0.2, 0.25) is 0 Å². The molecule has 120 valence electrons. The van der Waals surface area contributed by atoms with E-state index in [-0.39, 0.29) is 5.92 Å². The lowest BCUT2D eigenvalue weighted by molar-refractivity contribution is -0.0359. The van der Waals surface area contributed by atoms with E-state index < -0.39 is 5.60 Å². The summed E-state index contributed by atoms with van der Waals surface area (Å²) >= 11 is 0. The zero-order valence-electron chi connectivity index (χ0n) is 14.2. The molecule has 2 aliphatic rings. The molecule has 0 aromatic rings. The molecule has 0 radical (unpaired) electrons. The molecule has 3 heteroatoms. The summed E-state index contributed by atoms with van der Waals surface area (Å²) in [6.45, 7) is 10.9.